The Hall–Kier alpha value is -4.36. The number of esters is 1. The predicted molar refractivity (Wildman–Crippen MR) is 195 cm³/mol. The van der Waals surface area contributed by atoms with Gasteiger partial charge in [-0.05, 0) is 139 Å². The van der Waals surface area contributed by atoms with Gasteiger partial charge in [0.2, 0.25) is 0 Å². The molecular formula is C40H56F4N2O8. The van der Waals surface area contributed by atoms with Gasteiger partial charge in [0, 0.05) is 12.1 Å². The highest BCUT2D eigenvalue weighted by molar-refractivity contribution is 5.73. The maximum Gasteiger partial charge on any atom is 0.407 e. The van der Waals surface area contributed by atoms with Crippen molar-refractivity contribution in [1.29, 1.82) is 0 Å². The number of amides is 2. The van der Waals surface area contributed by atoms with E-state index < -0.39 is 77.1 Å². The van der Waals surface area contributed by atoms with Crippen LogP contribution in [0.3, 0.4) is 0 Å². The van der Waals surface area contributed by atoms with Crippen molar-refractivity contribution >= 4 is 24.1 Å². The number of alkyl carbamates (subject to hydrolysis) is 2. The maximum absolute atomic E-state index is 14.2. The molecule has 14 heteroatoms. The minimum atomic E-state index is -1.17. The van der Waals surface area contributed by atoms with Gasteiger partial charge < -0.3 is 30.0 Å². The number of carboxylic acids is 1. The van der Waals surface area contributed by atoms with Crippen LogP contribution >= 0.6 is 0 Å². The van der Waals surface area contributed by atoms with Gasteiger partial charge in [-0.1, -0.05) is 20.8 Å². The Bertz CT molecular complexity index is 1570. The van der Waals surface area contributed by atoms with Gasteiger partial charge in [0.25, 0.3) is 0 Å². The van der Waals surface area contributed by atoms with E-state index in [0.717, 1.165) is 55.7 Å². The highest BCUT2D eigenvalue weighted by Crippen LogP contribution is 2.35. The van der Waals surface area contributed by atoms with Crippen LogP contribution in [-0.2, 0) is 36.6 Å². The lowest BCUT2D eigenvalue weighted by atomic mass is 9.76. The molecule has 5 atom stereocenters. The molecule has 2 aromatic carbocycles. The van der Waals surface area contributed by atoms with Crippen molar-refractivity contribution in [3.05, 3.63) is 70.8 Å². The molecule has 3 rings (SSSR count). The van der Waals surface area contributed by atoms with Gasteiger partial charge in [-0.3, -0.25) is 9.59 Å². The lowest BCUT2D eigenvalue weighted by Gasteiger charge is -2.36. The number of hydrogen-bond donors (Lipinski definition) is 3. The van der Waals surface area contributed by atoms with Gasteiger partial charge in [-0.2, -0.15) is 0 Å². The lowest BCUT2D eigenvalue weighted by molar-refractivity contribution is -0.155. The Balaban J connectivity index is 0.000000401. The zero-order chi connectivity index (χ0) is 41.0. The van der Waals surface area contributed by atoms with Crippen molar-refractivity contribution in [2.24, 2.45) is 17.8 Å². The fraction of sp³-hybridized carbons (Fsp3) is 0.600. The first-order valence-electron chi connectivity index (χ1n) is 18.2. The van der Waals surface area contributed by atoms with Crippen LogP contribution < -0.4 is 10.6 Å². The van der Waals surface area contributed by atoms with Crippen molar-refractivity contribution < 1.29 is 56.1 Å². The van der Waals surface area contributed by atoms with Crippen molar-refractivity contribution in [3.8, 4) is 0 Å². The first-order chi connectivity index (χ1) is 24.9. The molecule has 54 heavy (non-hydrogen) atoms. The number of hydrogen-bond acceptors (Lipinski definition) is 7. The minimum Gasteiger partial charge on any atom is -0.481 e. The molecule has 1 aliphatic rings. The lowest BCUT2D eigenvalue weighted by Crippen LogP contribution is -2.42. The fourth-order valence-corrected chi connectivity index (χ4v) is 5.94. The molecule has 0 heterocycles. The number of rotatable bonds is 12. The van der Waals surface area contributed by atoms with Crippen molar-refractivity contribution in [3.63, 3.8) is 0 Å². The van der Waals surface area contributed by atoms with E-state index in [0.29, 0.717) is 11.8 Å². The third-order valence-corrected chi connectivity index (χ3v) is 8.61. The highest BCUT2D eigenvalue weighted by atomic mass is 19.1. The number of aliphatic carboxylic acids is 1. The van der Waals surface area contributed by atoms with Gasteiger partial charge in [0.05, 0.1) is 12.8 Å². The summed E-state index contributed by atoms with van der Waals surface area (Å²) in [4.78, 5) is 47.6. The number of carbonyl (C=O) groups excluding carboxylic acids is 3. The zero-order valence-electron chi connectivity index (χ0n) is 32.7. The number of benzene rings is 2. The van der Waals surface area contributed by atoms with Crippen LogP contribution in [-0.4, -0.2) is 58.6 Å². The monoisotopic (exact) mass is 768 g/mol. The Kier molecular flexibility index (Phi) is 17.3. The van der Waals surface area contributed by atoms with Gasteiger partial charge in [-0.25, -0.2) is 27.2 Å². The van der Waals surface area contributed by atoms with Crippen molar-refractivity contribution in [2.45, 2.75) is 137 Å². The molecular weight excluding hydrogens is 712 g/mol. The van der Waals surface area contributed by atoms with E-state index in [1.54, 1.807) is 41.5 Å². The Morgan fingerprint density at radius 1 is 0.759 bits per heavy atom. The van der Waals surface area contributed by atoms with E-state index >= 15 is 0 Å². The average molecular weight is 769 g/mol. The Morgan fingerprint density at radius 2 is 1.20 bits per heavy atom. The first kappa shape index (κ1) is 45.8. The van der Waals surface area contributed by atoms with Crippen LogP contribution in [0.1, 0.15) is 106 Å². The fourth-order valence-electron chi connectivity index (χ4n) is 5.94. The molecule has 0 aliphatic heterocycles. The molecule has 10 nitrogen and oxygen atoms in total. The third-order valence-electron chi connectivity index (χ3n) is 8.61. The van der Waals surface area contributed by atoms with Crippen LogP contribution in [0.2, 0.25) is 0 Å². The molecule has 0 aromatic heterocycles. The number of halogens is 4. The SMILES string of the molecule is CC(C)(C)OC(=O)NC(CC(=O)O)Cc1cc(F)ccc1F.CC(C)[C@H]1CC[C@H](C)[C@H](OC(=O)CC(Cc2cc(F)ccc2F)NC(=O)OC(C)(C)C)C1. The summed E-state index contributed by atoms with van der Waals surface area (Å²) in [5.41, 5.74) is -1.42. The summed E-state index contributed by atoms with van der Waals surface area (Å²) in [7, 11) is 0. The second kappa shape index (κ2) is 20.4. The second-order valence-electron chi connectivity index (χ2n) is 16.2. The topological polar surface area (TPSA) is 140 Å². The number of carboxylic acid groups (broad SMARTS) is 1. The average Bonchev–Trinajstić information content (AvgIpc) is 2.99. The van der Waals surface area contributed by atoms with E-state index in [9.17, 15) is 36.7 Å². The molecule has 0 saturated heterocycles. The summed E-state index contributed by atoms with van der Waals surface area (Å²) >= 11 is 0. The van der Waals surface area contributed by atoms with E-state index in [4.69, 9.17) is 19.3 Å². The molecule has 3 N–H and O–H groups in total. The van der Waals surface area contributed by atoms with Crippen LogP contribution in [0, 0.1) is 41.0 Å². The van der Waals surface area contributed by atoms with Gasteiger partial charge in [-0.15, -0.1) is 0 Å². The van der Waals surface area contributed by atoms with Gasteiger partial charge in [0.15, 0.2) is 0 Å². The van der Waals surface area contributed by atoms with Crippen LogP contribution in [0.5, 0.6) is 0 Å². The molecule has 1 aliphatic carbocycles. The molecule has 2 unspecified atom stereocenters. The minimum absolute atomic E-state index is 0.0118. The smallest absolute Gasteiger partial charge is 0.407 e. The van der Waals surface area contributed by atoms with E-state index in [2.05, 4.69) is 31.4 Å². The van der Waals surface area contributed by atoms with Gasteiger partial charge in [0.1, 0.15) is 40.6 Å². The van der Waals surface area contributed by atoms with Crippen molar-refractivity contribution in [1.82, 2.24) is 10.6 Å². The normalized spacial score (nSPS) is 18.4. The maximum atomic E-state index is 14.2. The summed E-state index contributed by atoms with van der Waals surface area (Å²) in [6, 6.07) is 4.31. The van der Waals surface area contributed by atoms with Crippen molar-refractivity contribution in [2.75, 3.05) is 0 Å². The Labute approximate surface area is 315 Å². The summed E-state index contributed by atoms with van der Waals surface area (Å²) < 4.78 is 70.7. The number of carbonyl (C=O) groups is 4. The quantitative estimate of drug-likeness (QED) is 0.111. The summed E-state index contributed by atoms with van der Waals surface area (Å²) in [5.74, 6) is -2.85. The van der Waals surface area contributed by atoms with Gasteiger partial charge >= 0.3 is 24.1 Å². The first-order valence-corrected chi connectivity index (χ1v) is 18.2. The molecule has 2 amide bonds. The summed E-state index contributed by atoms with van der Waals surface area (Å²) in [6.07, 6.45) is 0.392. The molecule has 1 fully saturated rings. The third kappa shape index (κ3) is 17.6. The molecule has 2 aromatic rings. The summed E-state index contributed by atoms with van der Waals surface area (Å²) in [5, 5.41) is 13.9. The predicted octanol–water partition coefficient (Wildman–Crippen LogP) is 8.67. The standard InChI is InChI=1S/C25H37F2NO4.C15H19F2NO4/c1-15(2)17-8-7-16(3)22(13-17)31-23(29)14-20(28-24(30)32-25(4,5)6)12-18-11-19(26)9-10-21(18)27;1-15(2,3)22-14(21)18-11(8-13(19)20)7-9-6-10(16)4-5-12(9)17/h9-11,15-17,20,22H,7-8,12-14H2,1-6H3,(H,28,30);4-6,11H,7-8H2,1-3H3,(H,18,21)(H,19,20)/t16-,17-,20?,22+;/m0./s1. The van der Waals surface area contributed by atoms with Crippen LogP contribution in [0.25, 0.3) is 0 Å². The van der Waals surface area contributed by atoms with E-state index in [-0.39, 0.29) is 42.4 Å². The second-order valence-corrected chi connectivity index (χ2v) is 16.2. The molecule has 0 radical (unpaired) electrons. The van der Waals surface area contributed by atoms with Crippen LogP contribution in [0.15, 0.2) is 36.4 Å². The number of nitrogens with one attached hydrogen (secondary N) is 2. The largest absolute Gasteiger partial charge is 0.481 e. The molecule has 0 bridgehead atoms. The highest BCUT2D eigenvalue weighted by Gasteiger charge is 2.33. The molecule has 0 spiro atoms. The molecule has 302 valence electrons. The molecule has 1 saturated carbocycles. The van der Waals surface area contributed by atoms with E-state index in [1.165, 1.54) is 0 Å². The number of ether oxygens (including phenoxy) is 3. The Morgan fingerprint density at radius 3 is 1.61 bits per heavy atom. The van der Waals surface area contributed by atoms with E-state index in [1.807, 2.05) is 0 Å². The summed E-state index contributed by atoms with van der Waals surface area (Å²) in [6.45, 7) is 16.6. The van der Waals surface area contributed by atoms with Crippen LogP contribution in [0.4, 0.5) is 27.2 Å². The zero-order valence-corrected chi connectivity index (χ0v) is 32.7.